The van der Waals surface area contributed by atoms with Crippen LogP contribution in [-0.4, -0.2) is 35.8 Å². The van der Waals surface area contributed by atoms with Crippen molar-refractivity contribution >= 4 is 17.5 Å². The van der Waals surface area contributed by atoms with Crippen LogP contribution in [-0.2, 0) is 9.53 Å². The van der Waals surface area contributed by atoms with Crippen LogP contribution in [0.4, 0.5) is 14.5 Å². The molecule has 0 saturated carbocycles. The molecule has 0 bridgehead atoms. The molecule has 0 saturated heterocycles. The normalized spacial score (nSPS) is 19.7. The Bertz CT molecular complexity index is 806. The molecule has 0 spiro atoms. The molecule has 0 aliphatic carbocycles. The fourth-order valence-electron chi connectivity index (χ4n) is 2.58. The molecule has 3 rings (SSSR count). The van der Waals surface area contributed by atoms with Crippen molar-refractivity contribution in [2.45, 2.75) is 12.6 Å². The number of carbonyl (C=O) groups is 1. The van der Waals surface area contributed by atoms with Gasteiger partial charge in [0.15, 0.2) is 0 Å². The van der Waals surface area contributed by atoms with Crippen LogP contribution in [0.5, 0.6) is 0 Å². The van der Waals surface area contributed by atoms with Crippen molar-refractivity contribution in [3.05, 3.63) is 65.7 Å². The molecule has 1 atom stereocenters. The molecular weight excluding hydrogens is 330 g/mol. The van der Waals surface area contributed by atoms with E-state index in [1.165, 1.54) is 48.5 Å². The molecule has 0 radical (unpaired) electrons. The summed E-state index contributed by atoms with van der Waals surface area (Å²) in [6.45, 7) is 1.53. The molecule has 0 aromatic heterocycles. The highest BCUT2D eigenvalue weighted by molar-refractivity contribution is 6.13. The van der Waals surface area contributed by atoms with Gasteiger partial charge in [0.1, 0.15) is 17.5 Å². The summed E-state index contributed by atoms with van der Waals surface area (Å²) in [5.74, 6) is -1.44. The van der Waals surface area contributed by atoms with E-state index in [0.717, 1.165) is 0 Å². The van der Waals surface area contributed by atoms with Crippen LogP contribution < -0.4 is 4.90 Å². The maximum absolute atomic E-state index is 13.2. The largest absolute Gasteiger partial charge is 0.462 e. The maximum Gasteiger partial charge on any atom is 0.363 e. The molecule has 5 nitrogen and oxygen atoms in total. The Labute approximate surface area is 143 Å². The molecule has 25 heavy (non-hydrogen) atoms. The first-order valence-electron chi connectivity index (χ1n) is 7.71. The Balaban J connectivity index is 2.04. The lowest BCUT2D eigenvalue weighted by Gasteiger charge is -2.23. The van der Waals surface area contributed by atoms with Gasteiger partial charge in [-0.1, -0.05) is 0 Å². The number of aliphatic imine (C=N–C) groups is 1. The van der Waals surface area contributed by atoms with E-state index >= 15 is 0 Å². The second-order valence-electron chi connectivity index (χ2n) is 5.54. The zero-order valence-electron chi connectivity index (χ0n) is 13.4. The van der Waals surface area contributed by atoms with E-state index in [2.05, 4.69) is 4.99 Å². The number of aliphatic hydroxyl groups is 1. The zero-order valence-corrected chi connectivity index (χ0v) is 13.4. The van der Waals surface area contributed by atoms with E-state index in [1.807, 2.05) is 0 Å². The van der Waals surface area contributed by atoms with Crippen molar-refractivity contribution in [2.75, 3.05) is 18.1 Å². The summed E-state index contributed by atoms with van der Waals surface area (Å²) in [4.78, 5) is 17.8. The summed E-state index contributed by atoms with van der Waals surface area (Å²) in [6, 6.07) is 11.0. The molecule has 1 aliphatic rings. The number of hydrogen-bond acceptors (Lipinski definition) is 5. The standard InChI is InChI=1S/C18H16F2N2O3/c1-2-25-17(23)18(24)11-22(15-9-7-14(20)8-10-15)16(21-18)12-3-5-13(19)6-4-12/h3-10,24H,2,11H2,1H3. The van der Waals surface area contributed by atoms with Crippen molar-refractivity contribution in [1.82, 2.24) is 0 Å². The minimum absolute atomic E-state index is 0.0963. The average Bonchev–Trinajstić information content (AvgIpc) is 2.96. The highest BCUT2D eigenvalue weighted by Crippen LogP contribution is 2.29. The van der Waals surface area contributed by atoms with Crippen LogP contribution in [0.25, 0.3) is 0 Å². The minimum atomic E-state index is -2.09. The lowest BCUT2D eigenvalue weighted by Crippen LogP contribution is -2.43. The Morgan fingerprint density at radius 1 is 1.16 bits per heavy atom. The molecule has 0 fully saturated rings. The number of halogens is 2. The van der Waals surface area contributed by atoms with Gasteiger partial charge in [-0.05, 0) is 55.5 Å². The van der Waals surface area contributed by atoms with Gasteiger partial charge in [0.2, 0.25) is 0 Å². The number of amidine groups is 1. The molecule has 1 unspecified atom stereocenters. The van der Waals surface area contributed by atoms with Crippen LogP contribution in [0.15, 0.2) is 53.5 Å². The molecule has 7 heteroatoms. The number of hydrogen-bond donors (Lipinski definition) is 1. The summed E-state index contributed by atoms with van der Waals surface area (Å²) >= 11 is 0. The van der Waals surface area contributed by atoms with Gasteiger partial charge in [-0.3, -0.25) is 0 Å². The molecule has 1 heterocycles. The van der Waals surface area contributed by atoms with E-state index in [0.29, 0.717) is 11.3 Å². The number of rotatable bonds is 4. The van der Waals surface area contributed by atoms with Gasteiger partial charge in [-0.2, -0.15) is 0 Å². The average molecular weight is 346 g/mol. The number of benzene rings is 2. The summed E-state index contributed by atoms with van der Waals surface area (Å²) in [5, 5.41) is 10.6. The number of carbonyl (C=O) groups excluding carboxylic acids is 1. The number of nitrogens with zero attached hydrogens (tertiary/aromatic N) is 2. The fraction of sp³-hybridized carbons (Fsp3) is 0.222. The van der Waals surface area contributed by atoms with E-state index in [1.54, 1.807) is 11.8 Å². The summed E-state index contributed by atoms with van der Waals surface area (Å²) in [5.41, 5.74) is -1.05. The van der Waals surface area contributed by atoms with Crippen molar-refractivity contribution in [1.29, 1.82) is 0 Å². The van der Waals surface area contributed by atoms with Gasteiger partial charge >= 0.3 is 5.97 Å². The van der Waals surface area contributed by atoms with Gasteiger partial charge < -0.3 is 14.7 Å². The zero-order chi connectivity index (χ0) is 18.0. The van der Waals surface area contributed by atoms with Crippen LogP contribution in [0.3, 0.4) is 0 Å². The lowest BCUT2D eigenvalue weighted by molar-refractivity contribution is -0.162. The number of esters is 1. The Morgan fingerprint density at radius 2 is 1.72 bits per heavy atom. The van der Waals surface area contributed by atoms with E-state index in [-0.39, 0.29) is 19.0 Å². The van der Waals surface area contributed by atoms with Crippen LogP contribution in [0.1, 0.15) is 12.5 Å². The minimum Gasteiger partial charge on any atom is -0.462 e. The third-order valence-corrected chi connectivity index (χ3v) is 3.77. The Hall–Kier alpha value is -2.80. The molecular formula is C18H16F2N2O3. The first-order valence-corrected chi connectivity index (χ1v) is 7.71. The first-order chi connectivity index (χ1) is 11.9. The summed E-state index contributed by atoms with van der Waals surface area (Å²) in [6.07, 6.45) is 0. The second-order valence-corrected chi connectivity index (χ2v) is 5.54. The SMILES string of the molecule is CCOC(=O)C1(O)CN(c2ccc(F)cc2)C(c2ccc(F)cc2)=N1. The van der Waals surface area contributed by atoms with Crippen LogP contribution in [0.2, 0.25) is 0 Å². The van der Waals surface area contributed by atoms with Crippen molar-refractivity contribution < 1.29 is 23.4 Å². The van der Waals surface area contributed by atoms with Gasteiger partial charge in [0.05, 0.1) is 13.2 Å². The van der Waals surface area contributed by atoms with Gasteiger partial charge in [0, 0.05) is 11.3 Å². The Kier molecular flexibility index (Phi) is 4.50. The van der Waals surface area contributed by atoms with Gasteiger partial charge in [0.25, 0.3) is 5.72 Å². The summed E-state index contributed by atoms with van der Waals surface area (Å²) in [7, 11) is 0. The highest BCUT2D eigenvalue weighted by Gasteiger charge is 2.46. The van der Waals surface area contributed by atoms with E-state index in [4.69, 9.17) is 4.74 Å². The number of β-amino-alcohol motifs (C(OH)–C–C–N with tert-alkyl or cyclic N) is 1. The van der Waals surface area contributed by atoms with Gasteiger partial charge in [-0.25, -0.2) is 18.6 Å². The van der Waals surface area contributed by atoms with E-state index in [9.17, 15) is 18.7 Å². The lowest BCUT2D eigenvalue weighted by atomic mass is 10.1. The predicted octanol–water partition coefficient (Wildman–Crippen LogP) is 2.48. The molecule has 1 N–H and O–H groups in total. The van der Waals surface area contributed by atoms with Crippen molar-refractivity contribution in [3.8, 4) is 0 Å². The first kappa shape index (κ1) is 17.0. The number of ether oxygens (including phenoxy) is 1. The smallest absolute Gasteiger partial charge is 0.363 e. The molecule has 2 aromatic carbocycles. The predicted molar refractivity (Wildman–Crippen MR) is 88.3 cm³/mol. The maximum atomic E-state index is 13.2. The van der Waals surface area contributed by atoms with Crippen LogP contribution in [0, 0.1) is 11.6 Å². The molecule has 1 aliphatic heterocycles. The van der Waals surface area contributed by atoms with Crippen molar-refractivity contribution in [2.24, 2.45) is 4.99 Å². The van der Waals surface area contributed by atoms with Gasteiger partial charge in [-0.15, -0.1) is 0 Å². The molecule has 130 valence electrons. The third kappa shape index (κ3) is 3.36. The van der Waals surface area contributed by atoms with Crippen LogP contribution >= 0.6 is 0 Å². The summed E-state index contributed by atoms with van der Waals surface area (Å²) < 4.78 is 31.3. The molecule has 0 amide bonds. The fourth-order valence-corrected chi connectivity index (χ4v) is 2.58. The second kappa shape index (κ2) is 6.60. The quantitative estimate of drug-likeness (QED) is 0.864. The highest BCUT2D eigenvalue weighted by atomic mass is 19.1. The Morgan fingerprint density at radius 3 is 2.28 bits per heavy atom. The number of anilines is 1. The monoisotopic (exact) mass is 346 g/mol. The van der Waals surface area contributed by atoms with Crippen molar-refractivity contribution in [3.63, 3.8) is 0 Å². The molecule has 2 aromatic rings. The van der Waals surface area contributed by atoms with E-state index < -0.39 is 23.3 Å². The topological polar surface area (TPSA) is 62.1 Å². The third-order valence-electron chi connectivity index (χ3n) is 3.77.